The Morgan fingerprint density at radius 3 is 2.64 bits per heavy atom. The van der Waals surface area contributed by atoms with Gasteiger partial charge in [0.25, 0.3) is 0 Å². The van der Waals surface area contributed by atoms with Gasteiger partial charge in [-0.25, -0.2) is 0 Å². The summed E-state index contributed by atoms with van der Waals surface area (Å²) in [6, 6.07) is 10.2. The lowest BCUT2D eigenvalue weighted by molar-refractivity contribution is -0.120. The van der Waals surface area contributed by atoms with Crippen LogP contribution < -0.4 is 10.2 Å². The van der Waals surface area contributed by atoms with Crippen LogP contribution in [0.25, 0.3) is 0 Å². The largest absolute Gasteiger partial charge is 0.378 e. The van der Waals surface area contributed by atoms with Gasteiger partial charge in [-0.3, -0.25) is 4.79 Å². The SMILES string of the molecule is Cl.O=C(CC1COCCN1)N(CC1CCC1)c1ccccc1. The summed E-state index contributed by atoms with van der Waals surface area (Å²) in [5.74, 6) is 0.876. The van der Waals surface area contributed by atoms with Crippen molar-refractivity contribution in [2.24, 2.45) is 5.92 Å². The number of carbonyl (C=O) groups excluding carboxylic acids is 1. The number of halogens is 1. The lowest BCUT2D eigenvalue weighted by Gasteiger charge is -2.34. The fourth-order valence-electron chi connectivity index (χ4n) is 2.96. The number of ether oxygens (including phenoxy) is 1. The van der Waals surface area contributed by atoms with E-state index in [0.29, 0.717) is 18.9 Å². The maximum Gasteiger partial charge on any atom is 0.228 e. The molecule has 1 saturated carbocycles. The Kier molecular flexibility index (Phi) is 6.68. The molecule has 2 aliphatic rings. The summed E-state index contributed by atoms with van der Waals surface area (Å²) in [6.45, 7) is 3.08. The first-order valence-corrected chi connectivity index (χ1v) is 7.99. The van der Waals surface area contributed by atoms with Crippen molar-refractivity contribution in [1.29, 1.82) is 0 Å². The molecule has 2 fully saturated rings. The van der Waals surface area contributed by atoms with E-state index in [1.54, 1.807) is 0 Å². The number of carbonyl (C=O) groups is 1. The smallest absolute Gasteiger partial charge is 0.228 e. The van der Waals surface area contributed by atoms with Crippen LogP contribution in [-0.4, -0.2) is 38.3 Å². The van der Waals surface area contributed by atoms with Crippen LogP contribution in [0.3, 0.4) is 0 Å². The van der Waals surface area contributed by atoms with Gasteiger partial charge in [0.15, 0.2) is 0 Å². The van der Waals surface area contributed by atoms with Crippen molar-refractivity contribution in [2.45, 2.75) is 31.7 Å². The molecule has 1 atom stereocenters. The molecule has 1 saturated heterocycles. The third-order valence-electron chi connectivity index (χ3n) is 4.45. The standard InChI is InChI=1S/C17H24N2O2.ClH/c20-17(11-15-13-21-10-9-18-15)19(12-14-5-4-6-14)16-7-2-1-3-8-16;/h1-3,7-8,14-15,18H,4-6,9-13H2;1H. The average molecular weight is 325 g/mol. The van der Waals surface area contributed by atoms with E-state index in [4.69, 9.17) is 4.74 Å². The zero-order valence-electron chi connectivity index (χ0n) is 12.9. The summed E-state index contributed by atoms with van der Waals surface area (Å²) < 4.78 is 5.45. The lowest BCUT2D eigenvalue weighted by Crippen LogP contribution is -2.46. The van der Waals surface area contributed by atoms with Crippen LogP contribution in [-0.2, 0) is 9.53 Å². The number of nitrogens with zero attached hydrogens (tertiary/aromatic N) is 1. The van der Waals surface area contributed by atoms with Crippen LogP contribution in [0.4, 0.5) is 5.69 Å². The highest BCUT2D eigenvalue weighted by Crippen LogP contribution is 2.29. The minimum atomic E-state index is 0. The number of para-hydroxylation sites is 1. The Hall–Kier alpha value is -1.10. The summed E-state index contributed by atoms with van der Waals surface area (Å²) in [7, 11) is 0. The summed E-state index contributed by atoms with van der Waals surface area (Å²) in [5, 5.41) is 3.37. The van der Waals surface area contributed by atoms with E-state index in [2.05, 4.69) is 5.32 Å². The zero-order valence-corrected chi connectivity index (χ0v) is 13.7. The molecule has 1 N–H and O–H groups in total. The molecule has 1 unspecified atom stereocenters. The van der Waals surface area contributed by atoms with Crippen molar-refractivity contribution >= 4 is 24.0 Å². The van der Waals surface area contributed by atoms with Gasteiger partial charge in [0.05, 0.1) is 13.2 Å². The van der Waals surface area contributed by atoms with Crippen molar-refractivity contribution in [3.63, 3.8) is 0 Å². The number of hydrogen-bond donors (Lipinski definition) is 1. The van der Waals surface area contributed by atoms with Gasteiger partial charge in [-0.2, -0.15) is 0 Å². The highest BCUT2D eigenvalue weighted by Gasteiger charge is 2.26. The summed E-state index contributed by atoms with van der Waals surface area (Å²) in [5.41, 5.74) is 1.02. The van der Waals surface area contributed by atoms with Crippen LogP contribution in [0, 0.1) is 5.92 Å². The number of nitrogens with one attached hydrogen (secondary N) is 1. The number of rotatable bonds is 5. The van der Waals surface area contributed by atoms with Crippen molar-refractivity contribution in [3.8, 4) is 0 Å². The average Bonchev–Trinajstić information content (AvgIpc) is 2.48. The van der Waals surface area contributed by atoms with E-state index < -0.39 is 0 Å². The summed E-state index contributed by atoms with van der Waals surface area (Å²) in [4.78, 5) is 14.7. The predicted octanol–water partition coefficient (Wildman–Crippen LogP) is 2.62. The van der Waals surface area contributed by atoms with Gasteiger partial charge in [-0.05, 0) is 30.9 Å². The molecule has 1 heterocycles. The lowest BCUT2D eigenvalue weighted by atomic mass is 9.85. The zero-order chi connectivity index (χ0) is 14.5. The van der Waals surface area contributed by atoms with Gasteiger partial charge in [-0.1, -0.05) is 24.6 Å². The molecule has 1 amide bonds. The van der Waals surface area contributed by atoms with Crippen LogP contribution in [0.2, 0.25) is 0 Å². The van der Waals surface area contributed by atoms with Gasteiger partial charge >= 0.3 is 0 Å². The molecule has 1 aliphatic heterocycles. The molecule has 1 aliphatic carbocycles. The predicted molar refractivity (Wildman–Crippen MR) is 90.6 cm³/mol. The maximum atomic E-state index is 12.7. The normalized spacial score (nSPS) is 21.5. The molecule has 1 aromatic carbocycles. The third-order valence-corrected chi connectivity index (χ3v) is 4.45. The third kappa shape index (κ3) is 4.45. The van der Waals surface area contributed by atoms with Gasteiger partial charge in [-0.15, -0.1) is 12.4 Å². The highest BCUT2D eigenvalue weighted by molar-refractivity contribution is 5.93. The minimum absolute atomic E-state index is 0. The second kappa shape index (κ2) is 8.51. The van der Waals surface area contributed by atoms with Gasteiger partial charge in [0.2, 0.25) is 5.91 Å². The number of morpholine rings is 1. The number of anilines is 1. The fraction of sp³-hybridized carbons (Fsp3) is 0.588. The Bertz CT molecular complexity index is 459. The number of benzene rings is 1. The van der Waals surface area contributed by atoms with Crippen molar-refractivity contribution < 1.29 is 9.53 Å². The van der Waals surface area contributed by atoms with E-state index in [1.807, 2.05) is 35.2 Å². The van der Waals surface area contributed by atoms with Crippen molar-refractivity contribution in [1.82, 2.24) is 5.32 Å². The van der Waals surface area contributed by atoms with E-state index >= 15 is 0 Å². The van der Waals surface area contributed by atoms with Crippen molar-refractivity contribution in [3.05, 3.63) is 30.3 Å². The van der Waals surface area contributed by atoms with E-state index in [-0.39, 0.29) is 24.4 Å². The first-order valence-electron chi connectivity index (χ1n) is 7.99. The second-order valence-electron chi connectivity index (χ2n) is 6.07. The first-order chi connectivity index (χ1) is 10.3. The monoisotopic (exact) mass is 324 g/mol. The molecule has 4 nitrogen and oxygen atoms in total. The van der Waals surface area contributed by atoms with Gasteiger partial charge in [0, 0.05) is 31.2 Å². The highest BCUT2D eigenvalue weighted by atomic mass is 35.5. The molecule has 5 heteroatoms. The summed E-state index contributed by atoms with van der Waals surface area (Å²) >= 11 is 0. The van der Waals surface area contributed by atoms with Crippen LogP contribution in [0.1, 0.15) is 25.7 Å². The first kappa shape index (κ1) is 17.3. The van der Waals surface area contributed by atoms with E-state index in [0.717, 1.165) is 25.4 Å². The molecule has 22 heavy (non-hydrogen) atoms. The van der Waals surface area contributed by atoms with Crippen LogP contribution >= 0.6 is 12.4 Å². The summed E-state index contributed by atoms with van der Waals surface area (Å²) in [6.07, 6.45) is 4.32. The quantitative estimate of drug-likeness (QED) is 0.905. The Labute approximate surface area is 138 Å². The molecule has 0 radical (unpaired) electrons. The second-order valence-corrected chi connectivity index (χ2v) is 6.07. The Balaban J connectivity index is 0.00000176. The van der Waals surface area contributed by atoms with Gasteiger partial charge < -0.3 is 15.0 Å². The fourth-order valence-corrected chi connectivity index (χ4v) is 2.96. The van der Waals surface area contributed by atoms with Crippen LogP contribution in [0.15, 0.2) is 30.3 Å². The molecule has 0 aromatic heterocycles. The van der Waals surface area contributed by atoms with Gasteiger partial charge in [0.1, 0.15) is 0 Å². The van der Waals surface area contributed by atoms with E-state index in [1.165, 1.54) is 19.3 Å². The Morgan fingerprint density at radius 1 is 1.27 bits per heavy atom. The molecule has 122 valence electrons. The minimum Gasteiger partial charge on any atom is -0.378 e. The topological polar surface area (TPSA) is 41.6 Å². The Morgan fingerprint density at radius 2 is 2.05 bits per heavy atom. The molecule has 0 bridgehead atoms. The van der Waals surface area contributed by atoms with Crippen LogP contribution in [0.5, 0.6) is 0 Å². The number of amides is 1. The van der Waals surface area contributed by atoms with Crippen molar-refractivity contribution in [2.75, 3.05) is 31.2 Å². The maximum absolute atomic E-state index is 12.7. The molecule has 3 rings (SSSR count). The molecular formula is C17H25ClN2O2. The molecule has 0 spiro atoms. The number of hydrogen-bond acceptors (Lipinski definition) is 3. The molecular weight excluding hydrogens is 300 g/mol. The molecule has 1 aromatic rings. The van der Waals surface area contributed by atoms with E-state index in [9.17, 15) is 4.79 Å².